The normalized spacial score (nSPS) is 11.2. The van der Waals surface area contributed by atoms with Crippen LogP contribution in [0.3, 0.4) is 0 Å². The van der Waals surface area contributed by atoms with Gasteiger partial charge in [0.15, 0.2) is 0 Å². The van der Waals surface area contributed by atoms with E-state index in [0.717, 1.165) is 17.1 Å². The predicted molar refractivity (Wildman–Crippen MR) is 243 cm³/mol. The lowest BCUT2D eigenvalue weighted by Crippen LogP contribution is -2.09. The zero-order valence-corrected chi connectivity index (χ0v) is 31.5. The highest BCUT2D eigenvalue weighted by Gasteiger charge is 2.16. The fourth-order valence-corrected chi connectivity index (χ4v) is 8.13. The van der Waals surface area contributed by atoms with Crippen molar-refractivity contribution < 1.29 is 0 Å². The van der Waals surface area contributed by atoms with Gasteiger partial charge >= 0.3 is 0 Å². The van der Waals surface area contributed by atoms with E-state index in [1.165, 1.54) is 77.2 Å². The Kier molecular flexibility index (Phi) is 8.95. The Morgan fingerprint density at radius 2 is 0.614 bits per heavy atom. The molecule has 0 spiro atoms. The lowest BCUT2D eigenvalue weighted by atomic mass is 9.90. The molecule has 10 aromatic rings. The standard InChI is InChI=1S/C56H39N/c1-3-11-40(12-4-1)42-19-21-43(22-20-42)44-25-32-51(33-26-44)57(52-34-27-45(28-35-52)50-24-23-41-13-7-8-17-49(41)39-50)53-36-29-47(30-37-53)55-38-31-46-14-9-10-18-54(46)56(55)48-15-5-2-6-16-48/h1-39H. The first-order valence-electron chi connectivity index (χ1n) is 19.6. The maximum Gasteiger partial charge on any atom is 0.0462 e. The monoisotopic (exact) mass is 725 g/mol. The second kappa shape index (κ2) is 15.0. The minimum atomic E-state index is 1.10. The zero-order chi connectivity index (χ0) is 38.0. The quantitative estimate of drug-likeness (QED) is 0.151. The largest absolute Gasteiger partial charge is 0.311 e. The molecule has 0 atom stereocenters. The lowest BCUT2D eigenvalue weighted by Gasteiger charge is -2.26. The molecule has 0 radical (unpaired) electrons. The molecule has 0 aliphatic rings. The summed E-state index contributed by atoms with van der Waals surface area (Å²) in [7, 11) is 0. The number of benzene rings is 10. The van der Waals surface area contributed by atoms with E-state index in [1.54, 1.807) is 0 Å². The average molecular weight is 726 g/mol. The lowest BCUT2D eigenvalue weighted by molar-refractivity contribution is 1.28. The summed E-state index contributed by atoms with van der Waals surface area (Å²) in [5.74, 6) is 0. The second-order valence-corrected chi connectivity index (χ2v) is 14.6. The minimum Gasteiger partial charge on any atom is -0.311 e. The summed E-state index contributed by atoms with van der Waals surface area (Å²) < 4.78 is 0. The van der Waals surface area contributed by atoms with E-state index >= 15 is 0 Å². The van der Waals surface area contributed by atoms with E-state index < -0.39 is 0 Å². The Bertz CT molecular complexity index is 2950. The molecule has 10 aromatic carbocycles. The summed E-state index contributed by atoms with van der Waals surface area (Å²) in [5.41, 5.74) is 15.4. The molecule has 0 aromatic heterocycles. The number of hydrogen-bond acceptors (Lipinski definition) is 1. The molecular weight excluding hydrogens is 687 g/mol. The van der Waals surface area contributed by atoms with Crippen molar-refractivity contribution in [1.82, 2.24) is 0 Å². The van der Waals surface area contributed by atoms with Crippen LogP contribution < -0.4 is 4.90 Å². The predicted octanol–water partition coefficient (Wildman–Crippen LogP) is 15.8. The van der Waals surface area contributed by atoms with Crippen LogP contribution in [0.2, 0.25) is 0 Å². The van der Waals surface area contributed by atoms with Crippen molar-refractivity contribution in [2.24, 2.45) is 0 Å². The van der Waals surface area contributed by atoms with Gasteiger partial charge in [0.2, 0.25) is 0 Å². The Morgan fingerprint density at radius 1 is 0.228 bits per heavy atom. The van der Waals surface area contributed by atoms with Crippen LogP contribution in [-0.4, -0.2) is 0 Å². The molecule has 1 heteroatoms. The van der Waals surface area contributed by atoms with Gasteiger partial charge in [-0.25, -0.2) is 0 Å². The van der Waals surface area contributed by atoms with Gasteiger partial charge in [0.05, 0.1) is 0 Å². The van der Waals surface area contributed by atoms with Crippen molar-refractivity contribution >= 4 is 38.6 Å². The molecule has 0 heterocycles. The van der Waals surface area contributed by atoms with E-state index in [-0.39, 0.29) is 0 Å². The summed E-state index contributed by atoms with van der Waals surface area (Å²) in [6, 6.07) is 85.6. The summed E-state index contributed by atoms with van der Waals surface area (Å²) in [6.07, 6.45) is 0. The molecule has 0 amide bonds. The third-order valence-corrected chi connectivity index (χ3v) is 11.1. The first-order valence-corrected chi connectivity index (χ1v) is 19.6. The van der Waals surface area contributed by atoms with Crippen LogP contribution in [0.5, 0.6) is 0 Å². The first-order chi connectivity index (χ1) is 28.2. The van der Waals surface area contributed by atoms with Crippen LogP contribution in [0.15, 0.2) is 237 Å². The van der Waals surface area contributed by atoms with Crippen LogP contribution >= 0.6 is 0 Å². The van der Waals surface area contributed by atoms with Gasteiger partial charge in [0.25, 0.3) is 0 Å². The van der Waals surface area contributed by atoms with Crippen LogP contribution in [0.4, 0.5) is 17.1 Å². The van der Waals surface area contributed by atoms with E-state index in [4.69, 9.17) is 0 Å². The molecule has 0 aliphatic carbocycles. The number of hydrogen-bond donors (Lipinski definition) is 0. The molecule has 1 nitrogen and oxygen atoms in total. The highest BCUT2D eigenvalue weighted by atomic mass is 15.1. The van der Waals surface area contributed by atoms with Crippen molar-refractivity contribution in [3.05, 3.63) is 237 Å². The first kappa shape index (κ1) is 34.0. The number of fused-ring (bicyclic) bond motifs is 2. The van der Waals surface area contributed by atoms with Crippen LogP contribution in [0.1, 0.15) is 0 Å². The van der Waals surface area contributed by atoms with E-state index in [1.807, 2.05) is 0 Å². The van der Waals surface area contributed by atoms with Crippen molar-refractivity contribution in [1.29, 1.82) is 0 Å². The third-order valence-electron chi connectivity index (χ3n) is 11.1. The van der Waals surface area contributed by atoms with Crippen LogP contribution in [-0.2, 0) is 0 Å². The highest BCUT2D eigenvalue weighted by molar-refractivity contribution is 6.04. The smallest absolute Gasteiger partial charge is 0.0462 e. The average Bonchev–Trinajstić information content (AvgIpc) is 3.30. The minimum absolute atomic E-state index is 1.10. The molecule has 10 rings (SSSR count). The van der Waals surface area contributed by atoms with Gasteiger partial charge in [-0.05, 0) is 120 Å². The number of rotatable bonds is 8. The molecule has 0 N–H and O–H groups in total. The molecule has 268 valence electrons. The Hall–Kier alpha value is -7.48. The third kappa shape index (κ3) is 6.77. The van der Waals surface area contributed by atoms with Gasteiger partial charge in [-0.15, -0.1) is 0 Å². The van der Waals surface area contributed by atoms with Crippen molar-refractivity contribution in [3.8, 4) is 55.6 Å². The molecule has 0 aliphatic heterocycles. The van der Waals surface area contributed by atoms with Gasteiger partial charge in [0, 0.05) is 17.1 Å². The summed E-state index contributed by atoms with van der Waals surface area (Å²) >= 11 is 0. The van der Waals surface area contributed by atoms with Crippen molar-refractivity contribution in [3.63, 3.8) is 0 Å². The molecule has 0 saturated carbocycles. The Labute approximate surface area is 334 Å². The van der Waals surface area contributed by atoms with Crippen molar-refractivity contribution in [2.75, 3.05) is 4.90 Å². The van der Waals surface area contributed by atoms with Crippen LogP contribution in [0, 0.1) is 0 Å². The van der Waals surface area contributed by atoms with Gasteiger partial charge in [-0.3, -0.25) is 0 Å². The maximum atomic E-state index is 2.36. The maximum absolute atomic E-state index is 2.36. The van der Waals surface area contributed by atoms with Gasteiger partial charge in [0.1, 0.15) is 0 Å². The zero-order valence-electron chi connectivity index (χ0n) is 31.5. The van der Waals surface area contributed by atoms with Crippen LogP contribution in [0.25, 0.3) is 77.2 Å². The number of anilines is 3. The fraction of sp³-hybridized carbons (Fsp3) is 0. The van der Waals surface area contributed by atoms with E-state index in [9.17, 15) is 0 Å². The molecule has 0 fully saturated rings. The molecular formula is C56H39N. The molecule has 0 saturated heterocycles. The molecule has 57 heavy (non-hydrogen) atoms. The Morgan fingerprint density at radius 3 is 1.19 bits per heavy atom. The van der Waals surface area contributed by atoms with Crippen molar-refractivity contribution in [2.45, 2.75) is 0 Å². The van der Waals surface area contributed by atoms with Gasteiger partial charge in [-0.2, -0.15) is 0 Å². The SMILES string of the molecule is c1ccc(-c2ccc(-c3ccc(N(c4ccc(-c5ccc6ccccc6c5)cc4)c4ccc(-c5ccc6ccccc6c5-c5ccccc5)cc4)cc3)cc2)cc1. The molecule has 0 bridgehead atoms. The van der Waals surface area contributed by atoms with E-state index in [0.29, 0.717) is 0 Å². The van der Waals surface area contributed by atoms with E-state index in [2.05, 4.69) is 241 Å². The summed E-state index contributed by atoms with van der Waals surface area (Å²) in [6.45, 7) is 0. The topological polar surface area (TPSA) is 3.24 Å². The second-order valence-electron chi connectivity index (χ2n) is 14.6. The highest BCUT2D eigenvalue weighted by Crippen LogP contribution is 2.41. The number of nitrogens with zero attached hydrogens (tertiary/aromatic N) is 1. The van der Waals surface area contributed by atoms with Gasteiger partial charge < -0.3 is 4.90 Å². The fourth-order valence-electron chi connectivity index (χ4n) is 8.13. The summed E-state index contributed by atoms with van der Waals surface area (Å²) in [5, 5.41) is 5.00. The Balaban J connectivity index is 1.03. The summed E-state index contributed by atoms with van der Waals surface area (Å²) in [4.78, 5) is 2.36. The molecule has 0 unspecified atom stereocenters. The van der Waals surface area contributed by atoms with Gasteiger partial charge in [-0.1, -0.05) is 194 Å².